The van der Waals surface area contributed by atoms with Crippen molar-refractivity contribution >= 4 is 8.32 Å². The maximum absolute atomic E-state index is 5.80. The van der Waals surface area contributed by atoms with Crippen LogP contribution in [0.2, 0.25) is 19.6 Å². The third-order valence-electron chi connectivity index (χ3n) is 2.06. The Morgan fingerprint density at radius 1 is 1.24 bits per heavy atom. The molecule has 1 unspecified atom stereocenters. The molecule has 0 aliphatic carbocycles. The lowest BCUT2D eigenvalue weighted by Crippen LogP contribution is -2.33. The second kappa shape index (κ2) is 6.60. The predicted molar refractivity (Wildman–Crippen MR) is 73.2 cm³/mol. The summed E-state index contributed by atoms with van der Waals surface area (Å²) >= 11 is 0. The molecule has 0 heterocycles. The average Bonchev–Trinajstić information content (AvgIpc) is 2.27. The topological polar surface area (TPSA) is 18.5 Å². The summed E-state index contributed by atoms with van der Waals surface area (Å²) in [6.07, 6.45) is 5.20. The Bertz CT molecular complexity index is 362. The van der Waals surface area contributed by atoms with E-state index in [1.807, 2.05) is 30.3 Å². The second-order valence-corrected chi connectivity index (χ2v) is 9.35. The van der Waals surface area contributed by atoms with Gasteiger partial charge in [0, 0.05) is 0 Å². The minimum absolute atomic E-state index is 0.231. The fourth-order valence-electron chi connectivity index (χ4n) is 1.40. The summed E-state index contributed by atoms with van der Waals surface area (Å²) in [5.41, 5.74) is 1.15. The van der Waals surface area contributed by atoms with Crippen LogP contribution in [0, 0.1) is 12.3 Å². The van der Waals surface area contributed by atoms with Gasteiger partial charge in [-0.3, -0.25) is 0 Å². The van der Waals surface area contributed by atoms with E-state index in [4.69, 9.17) is 15.6 Å². The van der Waals surface area contributed by atoms with Crippen LogP contribution in [0.1, 0.15) is 5.56 Å². The van der Waals surface area contributed by atoms with Gasteiger partial charge in [-0.25, -0.2) is 0 Å². The van der Waals surface area contributed by atoms with Crippen LogP contribution < -0.4 is 0 Å². The molecule has 1 aromatic carbocycles. The van der Waals surface area contributed by atoms with Gasteiger partial charge in [-0.05, 0) is 25.2 Å². The van der Waals surface area contributed by atoms with Crippen LogP contribution >= 0.6 is 0 Å². The van der Waals surface area contributed by atoms with Gasteiger partial charge in [-0.15, -0.1) is 6.42 Å². The van der Waals surface area contributed by atoms with Crippen LogP contribution in [0.5, 0.6) is 0 Å². The molecule has 1 atom stereocenters. The Labute approximate surface area is 105 Å². The van der Waals surface area contributed by atoms with E-state index in [-0.39, 0.29) is 6.10 Å². The molecule has 0 saturated heterocycles. The highest BCUT2D eigenvalue weighted by Gasteiger charge is 2.19. The van der Waals surface area contributed by atoms with Crippen molar-refractivity contribution < 1.29 is 9.16 Å². The van der Waals surface area contributed by atoms with Gasteiger partial charge in [-0.2, -0.15) is 0 Å². The summed E-state index contributed by atoms with van der Waals surface area (Å²) < 4.78 is 11.4. The van der Waals surface area contributed by atoms with Gasteiger partial charge in [0.1, 0.15) is 6.10 Å². The van der Waals surface area contributed by atoms with E-state index in [2.05, 4.69) is 25.6 Å². The summed E-state index contributed by atoms with van der Waals surface area (Å²) in [7, 11) is -1.59. The Hall–Kier alpha value is -1.08. The van der Waals surface area contributed by atoms with Crippen molar-refractivity contribution in [2.45, 2.75) is 32.4 Å². The molecule has 0 bridgehead atoms. The van der Waals surface area contributed by atoms with Gasteiger partial charge < -0.3 is 9.16 Å². The Morgan fingerprint density at radius 3 is 2.41 bits per heavy atom. The maximum Gasteiger partial charge on any atom is 0.185 e. The number of rotatable bonds is 6. The van der Waals surface area contributed by atoms with Crippen molar-refractivity contribution in [3.05, 3.63) is 35.9 Å². The minimum atomic E-state index is -1.59. The molecule has 0 radical (unpaired) electrons. The second-order valence-electron chi connectivity index (χ2n) is 4.89. The Morgan fingerprint density at radius 2 is 1.88 bits per heavy atom. The predicted octanol–water partition coefficient (Wildman–Crippen LogP) is 3.06. The summed E-state index contributed by atoms with van der Waals surface area (Å²) in [5.74, 6) is 2.63. The van der Waals surface area contributed by atoms with E-state index in [1.165, 1.54) is 0 Å². The first-order valence-electron chi connectivity index (χ1n) is 5.77. The summed E-state index contributed by atoms with van der Waals surface area (Å²) in [6.45, 7) is 7.39. The van der Waals surface area contributed by atoms with Crippen LogP contribution in [0.4, 0.5) is 0 Å². The van der Waals surface area contributed by atoms with Gasteiger partial charge in [0.05, 0.1) is 13.2 Å². The van der Waals surface area contributed by atoms with E-state index in [1.54, 1.807) is 0 Å². The van der Waals surface area contributed by atoms with Crippen LogP contribution in [0.3, 0.4) is 0 Å². The molecule has 1 rings (SSSR count). The molecular formula is C14H20O2Si. The zero-order valence-corrected chi connectivity index (χ0v) is 11.8. The highest BCUT2D eigenvalue weighted by Crippen LogP contribution is 2.08. The molecule has 0 aromatic heterocycles. The number of terminal acetylenes is 1. The normalized spacial score (nSPS) is 13.1. The number of hydrogen-bond donors (Lipinski definition) is 0. The number of hydrogen-bond acceptors (Lipinski definition) is 2. The molecule has 0 N–H and O–H groups in total. The standard InChI is InChI=1S/C14H20O2Si/c1-5-14(16-17(2,3)4)12-15-11-13-9-7-6-8-10-13/h1,6-10,14H,11-12H2,2-4H3. The number of benzene rings is 1. The lowest BCUT2D eigenvalue weighted by Gasteiger charge is -2.22. The molecule has 92 valence electrons. The van der Waals surface area contributed by atoms with E-state index >= 15 is 0 Å². The highest BCUT2D eigenvalue weighted by atomic mass is 28.4. The molecule has 0 fully saturated rings. The first-order valence-corrected chi connectivity index (χ1v) is 9.18. The van der Waals surface area contributed by atoms with E-state index in [9.17, 15) is 0 Å². The zero-order valence-electron chi connectivity index (χ0n) is 10.8. The minimum Gasteiger partial charge on any atom is -0.402 e. The summed E-state index contributed by atoms with van der Waals surface area (Å²) in [5, 5.41) is 0. The molecule has 0 aliphatic heterocycles. The highest BCUT2D eigenvalue weighted by molar-refractivity contribution is 6.69. The lowest BCUT2D eigenvalue weighted by atomic mass is 10.2. The van der Waals surface area contributed by atoms with Crippen molar-refractivity contribution in [1.82, 2.24) is 0 Å². The fraction of sp³-hybridized carbons (Fsp3) is 0.429. The molecule has 1 aromatic rings. The van der Waals surface area contributed by atoms with Crippen LogP contribution in [-0.2, 0) is 15.8 Å². The van der Waals surface area contributed by atoms with Crippen molar-refractivity contribution in [2.75, 3.05) is 6.61 Å². The molecular weight excluding hydrogens is 228 g/mol. The van der Waals surface area contributed by atoms with Crippen LogP contribution in [0.15, 0.2) is 30.3 Å². The van der Waals surface area contributed by atoms with E-state index < -0.39 is 8.32 Å². The third kappa shape index (κ3) is 6.27. The van der Waals surface area contributed by atoms with Gasteiger partial charge in [0.15, 0.2) is 8.32 Å². The molecule has 0 spiro atoms. The summed E-state index contributed by atoms with van der Waals surface area (Å²) in [6, 6.07) is 10.0. The molecule has 0 aliphatic rings. The monoisotopic (exact) mass is 248 g/mol. The first kappa shape index (κ1) is 14.0. The average molecular weight is 248 g/mol. The Balaban J connectivity index is 2.32. The molecule has 0 saturated carbocycles. The van der Waals surface area contributed by atoms with Crippen molar-refractivity contribution in [3.63, 3.8) is 0 Å². The molecule has 3 heteroatoms. The quantitative estimate of drug-likeness (QED) is 0.569. The van der Waals surface area contributed by atoms with Gasteiger partial charge in [0.25, 0.3) is 0 Å². The van der Waals surface area contributed by atoms with Gasteiger partial charge in [-0.1, -0.05) is 36.3 Å². The largest absolute Gasteiger partial charge is 0.402 e. The zero-order chi connectivity index (χ0) is 12.7. The smallest absolute Gasteiger partial charge is 0.185 e. The van der Waals surface area contributed by atoms with Gasteiger partial charge in [0.2, 0.25) is 0 Å². The fourth-order valence-corrected chi connectivity index (χ4v) is 2.39. The third-order valence-corrected chi connectivity index (χ3v) is 3.05. The van der Waals surface area contributed by atoms with Crippen LogP contribution in [-0.4, -0.2) is 21.0 Å². The molecule has 2 nitrogen and oxygen atoms in total. The van der Waals surface area contributed by atoms with Crippen molar-refractivity contribution in [2.24, 2.45) is 0 Å². The first-order chi connectivity index (χ1) is 8.01. The molecule has 0 amide bonds. The van der Waals surface area contributed by atoms with Crippen molar-refractivity contribution in [3.8, 4) is 12.3 Å². The van der Waals surface area contributed by atoms with Gasteiger partial charge >= 0.3 is 0 Å². The SMILES string of the molecule is C#CC(COCc1ccccc1)O[Si](C)(C)C. The maximum atomic E-state index is 5.80. The van der Waals surface area contributed by atoms with Crippen LogP contribution in [0.25, 0.3) is 0 Å². The van der Waals surface area contributed by atoms with E-state index in [0.29, 0.717) is 13.2 Å². The number of ether oxygens (including phenoxy) is 1. The van der Waals surface area contributed by atoms with E-state index in [0.717, 1.165) is 5.56 Å². The summed E-state index contributed by atoms with van der Waals surface area (Å²) in [4.78, 5) is 0. The van der Waals surface area contributed by atoms with Crippen molar-refractivity contribution in [1.29, 1.82) is 0 Å². The lowest BCUT2D eigenvalue weighted by molar-refractivity contribution is 0.0617. The Kier molecular flexibility index (Phi) is 5.43. The molecule has 17 heavy (non-hydrogen) atoms.